The van der Waals surface area contributed by atoms with E-state index < -0.39 is 39.7 Å². The van der Waals surface area contributed by atoms with Gasteiger partial charge in [0.2, 0.25) is 5.91 Å². The number of benzene rings is 3. The van der Waals surface area contributed by atoms with E-state index in [4.69, 9.17) is 62.7 Å². The third-order valence-electron chi connectivity index (χ3n) is 6.55. The van der Waals surface area contributed by atoms with Crippen molar-refractivity contribution < 1.29 is 19.1 Å². The lowest BCUT2D eigenvalue weighted by Crippen LogP contribution is -2.34. The molecule has 3 aromatic carbocycles. The molecule has 0 spiro atoms. The molecule has 0 radical (unpaired) electrons. The predicted molar refractivity (Wildman–Crippen MR) is 171 cm³/mol. The number of rotatable bonds is 6. The lowest BCUT2D eigenvalue weighted by molar-refractivity contribution is -0.117. The zero-order valence-electron chi connectivity index (χ0n) is 23.3. The number of alkyl halides is 2. The third-order valence-corrected chi connectivity index (χ3v) is 8.26. The van der Waals surface area contributed by atoms with Crippen LogP contribution >= 0.6 is 58.0 Å². The number of nitrogens with zero attached hydrogens (tertiary/aromatic N) is 1. The molecule has 1 aliphatic rings. The van der Waals surface area contributed by atoms with E-state index in [1.807, 2.05) is 6.92 Å². The largest absolute Gasteiger partial charge is 0.443 e. The number of aryl methyl sites for hydroxylation is 1. The Morgan fingerprint density at radius 3 is 2.10 bits per heavy atom. The minimum atomic E-state index is -1.36. The molecule has 0 aromatic heterocycles. The fourth-order valence-corrected chi connectivity index (χ4v) is 6.07. The van der Waals surface area contributed by atoms with E-state index in [0.717, 1.165) is 5.56 Å². The van der Waals surface area contributed by atoms with Gasteiger partial charge in [0.25, 0.3) is 5.91 Å². The molecule has 0 bridgehead atoms. The van der Waals surface area contributed by atoms with Crippen LogP contribution in [-0.4, -0.2) is 34.9 Å². The van der Waals surface area contributed by atoms with E-state index in [1.54, 1.807) is 70.3 Å². The Labute approximate surface area is 269 Å². The highest BCUT2D eigenvalue weighted by molar-refractivity contribution is 6.53. The Morgan fingerprint density at radius 1 is 0.881 bits per heavy atom. The van der Waals surface area contributed by atoms with Crippen LogP contribution in [0.25, 0.3) is 0 Å². The molecular formula is C30H28Cl5N3O4. The van der Waals surface area contributed by atoms with E-state index >= 15 is 0 Å². The fourth-order valence-electron chi connectivity index (χ4n) is 4.50. The molecule has 0 heterocycles. The molecule has 4 rings (SSSR count). The van der Waals surface area contributed by atoms with Crippen molar-refractivity contribution in [3.8, 4) is 0 Å². The van der Waals surface area contributed by atoms with Crippen molar-refractivity contribution in [1.29, 1.82) is 0 Å². The van der Waals surface area contributed by atoms with Gasteiger partial charge in [-0.1, -0.05) is 40.9 Å². The normalized spacial score (nSPS) is 17.3. The van der Waals surface area contributed by atoms with Gasteiger partial charge in [-0.3, -0.25) is 14.5 Å². The molecular weight excluding hydrogens is 644 g/mol. The first-order valence-electron chi connectivity index (χ1n) is 12.8. The lowest BCUT2D eigenvalue weighted by Gasteiger charge is -2.26. The highest BCUT2D eigenvalue weighted by Crippen LogP contribution is 2.65. The van der Waals surface area contributed by atoms with E-state index in [9.17, 15) is 14.4 Å². The number of halogens is 5. The van der Waals surface area contributed by atoms with Gasteiger partial charge in [-0.05, 0) is 87.4 Å². The summed E-state index contributed by atoms with van der Waals surface area (Å²) in [5, 5.41) is 6.54. The van der Waals surface area contributed by atoms with Gasteiger partial charge in [-0.15, -0.1) is 23.2 Å². The van der Waals surface area contributed by atoms with Crippen LogP contribution in [0.5, 0.6) is 0 Å². The Bertz CT molecular complexity index is 1550. The summed E-state index contributed by atoms with van der Waals surface area (Å²) in [5.74, 6) is -2.27. The summed E-state index contributed by atoms with van der Waals surface area (Å²) in [6, 6.07) is 14.6. The minimum absolute atomic E-state index is 0.120. The van der Waals surface area contributed by atoms with Crippen molar-refractivity contribution in [2.75, 3.05) is 22.6 Å². The van der Waals surface area contributed by atoms with Gasteiger partial charge in [0.05, 0.1) is 22.2 Å². The molecule has 42 heavy (non-hydrogen) atoms. The van der Waals surface area contributed by atoms with E-state index in [2.05, 4.69) is 10.6 Å². The van der Waals surface area contributed by atoms with Crippen LogP contribution in [0.2, 0.25) is 15.1 Å². The van der Waals surface area contributed by atoms with Crippen LogP contribution in [0, 0.1) is 12.8 Å². The van der Waals surface area contributed by atoms with Gasteiger partial charge in [0.15, 0.2) is 0 Å². The average molecular weight is 672 g/mol. The Hall–Kier alpha value is -2.68. The van der Waals surface area contributed by atoms with E-state index in [1.165, 1.54) is 17.0 Å². The van der Waals surface area contributed by atoms with Crippen LogP contribution in [-0.2, 0) is 9.53 Å². The number of nitrogens with one attached hydrogen (secondary N) is 2. The van der Waals surface area contributed by atoms with Crippen molar-refractivity contribution >= 4 is 93.0 Å². The lowest BCUT2D eigenvalue weighted by atomic mass is 10.1. The SMILES string of the molecule is Cc1ccc(NC(=O)c2cc(NC(=O)C3C(c4cc(Cl)cc(Cl)c4)C3(Cl)Cl)ccc2Cl)cc1N(C)C(=O)OC(C)(C)C. The van der Waals surface area contributed by atoms with E-state index in [-0.39, 0.29) is 10.6 Å². The number of amides is 3. The summed E-state index contributed by atoms with van der Waals surface area (Å²) in [5.41, 5.74) is 2.20. The highest BCUT2D eigenvalue weighted by Gasteiger charge is 2.67. The second-order valence-corrected chi connectivity index (χ2v) is 13.7. The van der Waals surface area contributed by atoms with Crippen molar-refractivity contribution in [3.63, 3.8) is 0 Å². The summed E-state index contributed by atoms with van der Waals surface area (Å²) >= 11 is 31.5. The van der Waals surface area contributed by atoms with Gasteiger partial charge in [0, 0.05) is 34.4 Å². The molecule has 3 aromatic rings. The van der Waals surface area contributed by atoms with Crippen molar-refractivity contribution in [2.45, 2.75) is 43.5 Å². The van der Waals surface area contributed by atoms with E-state index in [0.29, 0.717) is 32.7 Å². The van der Waals surface area contributed by atoms with Crippen LogP contribution in [0.15, 0.2) is 54.6 Å². The molecule has 3 amide bonds. The summed E-state index contributed by atoms with van der Waals surface area (Å²) in [6.07, 6.45) is -0.533. The van der Waals surface area contributed by atoms with Gasteiger partial charge in [-0.25, -0.2) is 4.79 Å². The molecule has 1 aliphatic carbocycles. The van der Waals surface area contributed by atoms with Crippen molar-refractivity contribution in [3.05, 3.63) is 86.4 Å². The summed E-state index contributed by atoms with van der Waals surface area (Å²) in [6.45, 7) is 7.18. The molecule has 1 saturated carbocycles. The van der Waals surface area contributed by atoms with Crippen molar-refractivity contribution in [2.24, 2.45) is 5.92 Å². The zero-order chi connectivity index (χ0) is 31.1. The van der Waals surface area contributed by atoms with Gasteiger partial charge in [0.1, 0.15) is 9.93 Å². The quantitative estimate of drug-likeness (QED) is 0.256. The number of carbonyl (C=O) groups is 3. The van der Waals surface area contributed by atoms with Crippen LogP contribution in [0.4, 0.5) is 21.9 Å². The summed E-state index contributed by atoms with van der Waals surface area (Å²) in [4.78, 5) is 40.4. The summed E-state index contributed by atoms with van der Waals surface area (Å²) < 4.78 is 4.09. The molecule has 7 nitrogen and oxygen atoms in total. The zero-order valence-corrected chi connectivity index (χ0v) is 27.1. The second kappa shape index (κ2) is 12.1. The number of hydrogen-bond acceptors (Lipinski definition) is 4. The van der Waals surface area contributed by atoms with Crippen LogP contribution in [0.3, 0.4) is 0 Å². The highest BCUT2D eigenvalue weighted by atomic mass is 35.5. The number of ether oxygens (including phenoxy) is 1. The standard InChI is InChI=1S/C30H28Cl5N3O4/c1-15-6-7-20(14-23(15)38(5)28(41)42-29(2,3)4)36-26(39)21-13-19(8-9-22(21)33)37-27(40)25-24(30(25,34)35)16-10-17(31)12-18(32)11-16/h6-14,24-25H,1-5H3,(H,36,39)(H,37,40). The minimum Gasteiger partial charge on any atom is -0.443 e. The number of hydrogen-bond donors (Lipinski definition) is 2. The monoisotopic (exact) mass is 669 g/mol. The van der Waals surface area contributed by atoms with Crippen molar-refractivity contribution in [1.82, 2.24) is 0 Å². The number of carbonyl (C=O) groups excluding carboxylic acids is 3. The average Bonchev–Trinajstić information content (AvgIpc) is 3.46. The van der Waals surface area contributed by atoms with Crippen LogP contribution in [0.1, 0.15) is 48.2 Å². The molecule has 2 N–H and O–H groups in total. The second-order valence-electron chi connectivity index (χ2n) is 11.0. The predicted octanol–water partition coefficient (Wildman–Crippen LogP) is 9.10. The Balaban J connectivity index is 1.49. The first kappa shape index (κ1) is 32.2. The Morgan fingerprint density at radius 2 is 1.48 bits per heavy atom. The first-order chi connectivity index (χ1) is 19.5. The smallest absolute Gasteiger partial charge is 0.414 e. The molecule has 2 unspecified atom stereocenters. The third kappa shape index (κ3) is 7.26. The maximum atomic E-state index is 13.2. The number of anilines is 3. The van der Waals surface area contributed by atoms with Gasteiger partial charge in [-0.2, -0.15) is 0 Å². The van der Waals surface area contributed by atoms with Crippen LogP contribution < -0.4 is 15.5 Å². The summed E-state index contributed by atoms with van der Waals surface area (Å²) in [7, 11) is 1.59. The van der Waals surface area contributed by atoms with Gasteiger partial charge < -0.3 is 15.4 Å². The Kier molecular flexibility index (Phi) is 9.31. The molecule has 0 aliphatic heterocycles. The first-order valence-corrected chi connectivity index (χ1v) is 14.7. The molecule has 1 fully saturated rings. The van der Waals surface area contributed by atoms with Gasteiger partial charge >= 0.3 is 6.09 Å². The topological polar surface area (TPSA) is 87.7 Å². The molecule has 2 atom stereocenters. The maximum Gasteiger partial charge on any atom is 0.414 e. The fraction of sp³-hybridized carbons (Fsp3) is 0.300. The molecule has 0 saturated heterocycles. The maximum absolute atomic E-state index is 13.2. The molecule has 12 heteroatoms. The molecule has 222 valence electrons.